The number of anilines is 1. The number of β-amino-alcohol motifs (C(OH)–C–C–N with tert-alkyl or cyclic N) is 1. The molecule has 4 rings (SSSR count). The Kier molecular flexibility index (Phi) is 7.76. The molecule has 0 aliphatic carbocycles. The number of fused-ring (bicyclic) bond motifs is 1. The highest BCUT2D eigenvalue weighted by atomic mass is 32.2. The highest BCUT2D eigenvalue weighted by Gasteiger charge is 2.25. The van der Waals surface area contributed by atoms with Gasteiger partial charge in [-0.25, -0.2) is 9.97 Å². The van der Waals surface area contributed by atoms with Crippen molar-refractivity contribution in [2.45, 2.75) is 39.3 Å². The lowest BCUT2D eigenvalue weighted by Crippen LogP contribution is -2.50. The van der Waals surface area contributed by atoms with Crippen molar-refractivity contribution in [3.63, 3.8) is 0 Å². The van der Waals surface area contributed by atoms with Gasteiger partial charge in [-0.3, -0.25) is 14.8 Å². The van der Waals surface area contributed by atoms with Crippen LogP contribution in [0.5, 0.6) is 0 Å². The number of thioether (sulfide) groups is 1. The molecule has 0 spiro atoms. The highest BCUT2D eigenvalue weighted by Crippen LogP contribution is 2.23. The van der Waals surface area contributed by atoms with E-state index >= 15 is 0 Å². The topological polar surface area (TPSA) is 68.1 Å². The van der Waals surface area contributed by atoms with Crippen molar-refractivity contribution in [1.29, 1.82) is 0 Å². The van der Waals surface area contributed by atoms with Crippen molar-refractivity contribution >= 4 is 23.3 Å². The van der Waals surface area contributed by atoms with Gasteiger partial charge in [0.15, 0.2) is 0 Å². The molecule has 168 valence electrons. The monoisotopic (exact) mass is 442 g/mol. The van der Waals surface area contributed by atoms with Crippen LogP contribution in [0.15, 0.2) is 34.6 Å². The van der Waals surface area contributed by atoms with Crippen LogP contribution in [0.1, 0.15) is 31.5 Å². The Bertz CT molecular complexity index is 846. The summed E-state index contributed by atoms with van der Waals surface area (Å²) in [6, 6.07) is 0.386. The van der Waals surface area contributed by atoms with Crippen molar-refractivity contribution < 1.29 is 5.11 Å². The van der Waals surface area contributed by atoms with Crippen molar-refractivity contribution in [3.05, 3.63) is 40.9 Å². The van der Waals surface area contributed by atoms with Gasteiger partial charge < -0.3 is 10.0 Å². The molecule has 0 radical (unpaired) electrons. The van der Waals surface area contributed by atoms with Gasteiger partial charge in [-0.05, 0) is 25.0 Å². The maximum Gasteiger partial charge on any atom is 0.225 e. The van der Waals surface area contributed by atoms with Crippen molar-refractivity contribution in [1.82, 2.24) is 19.8 Å². The number of aliphatic imine (C=N–C) groups is 1. The number of aliphatic hydroxyl groups excluding tert-OH is 1. The molecule has 0 saturated carbocycles. The minimum absolute atomic E-state index is 0.204. The van der Waals surface area contributed by atoms with Crippen molar-refractivity contribution in [2.75, 3.05) is 56.5 Å². The van der Waals surface area contributed by atoms with Gasteiger partial charge in [0.25, 0.3) is 0 Å². The smallest absolute Gasteiger partial charge is 0.225 e. The largest absolute Gasteiger partial charge is 0.395 e. The molecular weight excluding hydrogens is 408 g/mol. The molecule has 0 amide bonds. The minimum atomic E-state index is 0.204. The molecule has 0 aromatic carbocycles. The van der Waals surface area contributed by atoms with Gasteiger partial charge in [0.05, 0.1) is 23.5 Å². The number of hydrogen-bond donors (Lipinski definition) is 1. The zero-order chi connectivity index (χ0) is 21.6. The van der Waals surface area contributed by atoms with Crippen LogP contribution in [0.3, 0.4) is 0 Å². The predicted octanol–water partition coefficient (Wildman–Crippen LogP) is 2.33. The van der Waals surface area contributed by atoms with Gasteiger partial charge in [-0.2, -0.15) is 0 Å². The van der Waals surface area contributed by atoms with Crippen LogP contribution in [0, 0.1) is 0 Å². The SMILES string of the molecule is CC/C=C(\C=C1/CSC=N1)C(C)N1CCN(c2ncc3c(n2)CCN(CCO)C3)CC1. The molecule has 31 heavy (non-hydrogen) atoms. The molecule has 1 N–H and O–H groups in total. The number of aromatic nitrogens is 2. The van der Waals surface area contributed by atoms with Gasteiger partial charge in [0.1, 0.15) is 0 Å². The molecule has 1 fully saturated rings. The summed E-state index contributed by atoms with van der Waals surface area (Å²) in [7, 11) is 0. The molecule has 4 heterocycles. The summed E-state index contributed by atoms with van der Waals surface area (Å²) in [5.74, 6) is 1.85. The molecule has 3 aliphatic rings. The molecule has 7 nitrogen and oxygen atoms in total. The molecular formula is C23H34N6OS. The molecule has 0 bridgehead atoms. The third-order valence-electron chi connectivity index (χ3n) is 6.34. The normalized spacial score (nSPS) is 22.9. The maximum atomic E-state index is 9.18. The molecule has 8 heteroatoms. The van der Waals surface area contributed by atoms with Gasteiger partial charge in [-0.15, -0.1) is 11.8 Å². The fraction of sp³-hybridized carbons (Fsp3) is 0.609. The third kappa shape index (κ3) is 5.55. The zero-order valence-electron chi connectivity index (χ0n) is 18.7. The Morgan fingerprint density at radius 1 is 1.26 bits per heavy atom. The molecule has 3 aliphatic heterocycles. The van der Waals surface area contributed by atoms with Gasteiger partial charge >= 0.3 is 0 Å². The summed E-state index contributed by atoms with van der Waals surface area (Å²) in [5.41, 5.74) is 6.87. The van der Waals surface area contributed by atoms with Crippen LogP contribution in [0.2, 0.25) is 0 Å². The molecule has 1 aromatic heterocycles. The first-order valence-electron chi connectivity index (χ1n) is 11.4. The second kappa shape index (κ2) is 10.7. The molecule has 1 saturated heterocycles. The van der Waals surface area contributed by atoms with Crippen molar-refractivity contribution in [3.8, 4) is 0 Å². The molecule has 1 aromatic rings. The third-order valence-corrected chi connectivity index (χ3v) is 7.06. The molecule has 1 unspecified atom stereocenters. The van der Waals surface area contributed by atoms with Crippen LogP contribution in [-0.4, -0.2) is 88.1 Å². The second-order valence-electron chi connectivity index (χ2n) is 8.38. The average molecular weight is 443 g/mol. The number of aliphatic hydroxyl groups is 1. The van der Waals surface area contributed by atoms with E-state index in [-0.39, 0.29) is 6.61 Å². The number of hydrogen-bond acceptors (Lipinski definition) is 8. The minimum Gasteiger partial charge on any atom is -0.395 e. The summed E-state index contributed by atoms with van der Waals surface area (Å²) >= 11 is 1.76. The van der Waals surface area contributed by atoms with E-state index in [0.717, 1.165) is 70.4 Å². The summed E-state index contributed by atoms with van der Waals surface area (Å²) in [4.78, 5) is 21.2. The fourth-order valence-corrected chi connectivity index (χ4v) is 5.10. The quantitative estimate of drug-likeness (QED) is 0.695. The summed E-state index contributed by atoms with van der Waals surface area (Å²) in [6.45, 7) is 11.1. The fourth-order valence-electron chi connectivity index (χ4n) is 4.49. The Hall–Kier alpha value is -1.74. The Labute approximate surface area is 190 Å². The van der Waals surface area contributed by atoms with Gasteiger partial charge in [0, 0.05) is 75.8 Å². The van der Waals surface area contributed by atoms with Crippen LogP contribution in [0.4, 0.5) is 5.95 Å². The molecule has 1 atom stereocenters. The Balaban J connectivity index is 1.37. The maximum absolute atomic E-state index is 9.18. The Morgan fingerprint density at radius 3 is 2.81 bits per heavy atom. The lowest BCUT2D eigenvalue weighted by molar-refractivity contribution is 0.183. The first-order valence-corrected chi connectivity index (χ1v) is 12.4. The van der Waals surface area contributed by atoms with E-state index < -0.39 is 0 Å². The van der Waals surface area contributed by atoms with Crippen LogP contribution in [0.25, 0.3) is 0 Å². The van der Waals surface area contributed by atoms with E-state index in [4.69, 9.17) is 4.98 Å². The lowest BCUT2D eigenvalue weighted by Gasteiger charge is -2.39. The summed E-state index contributed by atoms with van der Waals surface area (Å²) in [5, 5.41) is 9.18. The van der Waals surface area contributed by atoms with Crippen LogP contribution in [-0.2, 0) is 13.0 Å². The van der Waals surface area contributed by atoms with E-state index in [9.17, 15) is 5.11 Å². The number of rotatable bonds is 7. The number of nitrogens with zero attached hydrogens (tertiary/aromatic N) is 6. The second-order valence-corrected chi connectivity index (χ2v) is 9.22. The first kappa shape index (κ1) is 22.5. The Morgan fingerprint density at radius 2 is 2.10 bits per heavy atom. The summed E-state index contributed by atoms with van der Waals surface area (Å²) < 4.78 is 0. The van der Waals surface area contributed by atoms with E-state index in [1.165, 1.54) is 22.5 Å². The standard InChI is InChI=1S/C23H34N6OS/c1-3-4-19(13-21-16-31-17-25-21)18(2)28-7-9-29(10-8-28)23-24-14-20-15-27(11-12-30)6-5-22(20)26-23/h4,13-14,17-18,30H,3,5-12,15-16H2,1-2H3/b19-4+,21-13+. The number of piperazine rings is 1. The van der Waals surface area contributed by atoms with Crippen molar-refractivity contribution in [2.24, 2.45) is 4.99 Å². The van der Waals surface area contributed by atoms with Crippen LogP contribution < -0.4 is 4.90 Å². The average Bonchev–Trinajstić information content (AvgIpc) is 3.31. The van der Waals surface area contributed by atoms with E-state index in [0.29, 0.717) is 6.04 Å². The first-order chi connectivity index (χ1) is 15.2. The van der Waals surface area contributed by atoms with E-state index in [1.807, 2.05) is 11.7 Å². The van der Waals surface area contributed by atoms with E-state index in [1.54, 1.807) is 11.8 Å². The van der Waals surface area contributed by atoms with Gasteiger partial charge in [0.2, 0.25) is 5.95 Å². The van der Waals surface area contributed by atoms with E-state index in [2.05, 4.69) is 50.7 Å². The van der Waals surface area contributed by atoms with Crippen LogP contribution >= 0.6 is 11.8 Å². The number of allylic oxidation sites excluding steroid dienone is 1. The summed E-state index contributed by atoms with van der Waals surface area (Å²) in [6.07, 6.45) is 8.59. The van der Waals surface area contributed by atoms with Gasteiger partial charge in [-0.1, -0.05) is 13.0 Å². The lowest BCUT2D eigenvalue weighted by atomic mass is 10.0. The predicted molar refractivity (Wildman–Crippen MR) is 129 cm³/mol. The zero-order valence-corrected chi connectivity index (χ0v) is 19.5. The highest BCUT2D eigenvalue weighted by molar-refractivity contribution is 8.12.